The number of hydrogen-bond donors (Lipinski definition) is 2. The monoisotopic (exact) mass is 282 g/mol. The van der Waals surface area contributed by atoms with Crippen molar-refractivity contribution < 1.29 is 0 Å². The molecule has 0 aromatic heterocycles. The number of nitrogens with two attached hydrogens (primary N) is 1. The zero-order valence-electron chi connectivity index (χ0n) is 13.5. The van der Waals surface area contributed by atoms with Gasteiger partial charge in [0, 0.05) is 0 Å². The molecule has 2 aromatic carbocycles. The SMILES string of the molecule is Cc1ccc(C(NN)c2cccc(CC(C)C)c2)c(C)c1. The summed E-state index contributed by atoms with van der Waals surface area (Å²) in [5.74, 6) is 6.50. The summed E-state index contributed by atoms with van der Waals surface area (Å²) in [6.45, 7) is 8.75. The Morgan fingerprint density at radius 3 is 2.43 bits per heavy atom. The fourth-order valence-electron chi connectivity index (χ4n) is 2.89. The van der Waals surface area contributed by atoms with Gasteiger partial charge in [-0.15, -0.1) is 0 Å². The van der Waals surface area contributed by atoms with Crippen molar-refractivity contribution in [3.8, 4) is 0 Å². The third-order valence-corrected chi connectivity index (χ3v) is 3.83. The summed E-state index contributed by atoms with van der Waals surface area (Å²) in [7, 11) is 0. The van der Waals surface area contributed by atoms with Crippen molar-refractivity contribution in [1.29, 1.82) is 0 Å². The number of rotatable bonds is 5. The third-order valence-electron chi connectivity index (χ3n) is 3.83. The Hall–Kier alpha value is -1.64. The molecule has 21 heavy (non-hydrogen) atoms. The van der Waals surface area contributed by atoms with Crippen LogP contribution in [0.1, 0.15) is 47.7 Å². The molecule has 0 radical (unpaired) electrons. The lowest BCUT2D eigenvalue weighted by molar-refractivity contribution is 0.625. The molecule has 0 amide bonds. The predicted octanol–water partition coefficient (Wildman–Crippen LogP) is 4.05. The summed E-state index contributed by atoms with van der Waals surface area (Å²) in [5.41, 5.74) is 9.36. The Bertz CT molecular complexity index is 602. The summed E-state index contributed by atoms with van der Waals surface area (Å²) in [6, 6.07) is 15.3. The molecule has 3 N–H and O–H groups in total. The van der Waals surface area contributed by atoms with Crippen molar-refractivity contribution in [3.63, 3.8) is 0 Å². The van der Waals surface area contributed by atoms with Crippen LogP contribution in [0.15, 0.2) is 42.5 Å². The maximum Gasteiger partial charge on any atom is 0.0712 e. The van der Waals surface area contributed by atoms with Crippen molar-refractivity contribution >= 4 is 0 Å². The summed E-state index contributed by atoms with van der Waals surface area (Å²) in [4.78, 5) is 0. The van der Waals surface area contributed by atoms with Crippen LogP contribution in [0.2, 0.25) is 0 Å². The van der Waals surface area contributed by atoms with E-state index in [0.717, 1.165) is 6.42 Å². The average Bonchev–Trinajstić information content (AvgIpc) is 2.41. The molecular weight excluding hydrogens is 256 g/mol. The quantitative estimate of drug-likeness (QED) is 0.641. The van der Waals surface area contributed by atoms with Crippen LogP contribution in [0.4, 0.5) is 0 Å². The van der Waals surface area contributed by atoms with Crippen LogP contribution in [0.25, 0.3) is 0 Å². The maximum atomic E-state index is 5.85. The highest BCUT2D eigenvalue weighted by molar-refractivity contribution is 5.40. The second-order valence-electron chi connectivity index (χ2n) is 6.30. The lowest BCUT2D eigenvalue weighted by Crippen LogP contribution is -2.29. The van der Waals surface area contributed by atoms with Gasteiger partial charge in [0.2, 0.25) is 0 Å². The van der Waals surface area contributed by atoms with Crippen molar-refractivity contribution in [2.24, 2.45) is 11.8 Å². The second-order valence-corrected chi connectivity index (χ2v) is 6.30. The van der Waals surface area contributed by atoms with Crippen LogP contribution >= 0.6 is 0 Å². The Kier molecular flexibility index (Phi) is 5.16. The molecular formula is C19H26N2. The van der Waals surface area contributed by atoms with Gasteiger partial charge >= 0.3 is 0 Å². The number of hydrazine groups is 1. The highest BCUT2D eigenvalue weighted by atomic mass is 15.2. The van der Waals surface area contributed by atoms with Gasteiger partial charge < -0.3 is 0 Å². The molecule has 0 heterocycles. The van der Waals surface area contributed by atoms with Gasteiger partial charge in [-0.25, -0.2) is 5.43 Å². The zero-order chi connectivity index (χ0) is 15.4. The van der Waals surface area contributed by atoms with E-state index >= 15 is 0 Å². The fraction of sp³-hybridized carbons (Fsp3) is 0.368. The van der Waals surface area contributed by atoms with Crippen LogP contribution in [0.5, 0.6) is 0 Å². The summed E-state index contributed by atoms with van der Waals surface area (Å²) in [6.07, 6.45) is 1.10. The van der Waals surface area contributed by atoms with Gasteiger partial charge in [0.1, 0.15) is 0 Å². The van der Waals surface area contributed by atoms with E-state index in [-0.39, 0.29) is 6.04 Å². The molecule has 0 bridgehead atoms. The molecule has 2 heteroatoms. The largest absolute Gasteiger partial charge is 0.271 e. The summed E-state index contributed by atoms with van der Waals surface area (Å²) in [5, 5.41) is 0. The Morgan fingerprint density at radius 1 is 1.05 bits per heavy atom. The first-order valence-corrected chi connectivity index (χ1v) is 7.63. The normalized spacial score (nSPS) is 12.7. The molecule has 112 valence electrons. The third kappa shape index (κ3) is 3.93. The average molecular weight is 282 g/mol. The minimum Gasteiger partial charge on any atom is -0.271 e. The van der Waals surface area contributed by atoms with Gasteiger partial charge in [-0.05, 0) is 48.4 Å². The van der Waals surface area contributed by atoms with E-state index < -0.39 is 0 Å². The van der Waals surface area contributed by atoms with Crippen molar-refractivity contribution in [1.82, 2.24) is 5.43 Å². The first kappa shape index (κ1) is 15.7. The second kappa shape index (κ2) is 6.88. The highest BCUT2D eigenvalue weighted by Gasteiger charge is 2.15. The van der Waals surface area contributed by atoms with Crippen molar-refractivity contribution in [2.75, 3.05) is 0 Å². The minimum absolute atomic E-state index is 0.0395. The molecule has 1 atom stereocenters. The Labute approximate surface area is 128 Å². The molecule has 0 aliphatic heterocycles. The molecule has 0 fully saturated rings. The van der Waals surface area contributed by atoms with Gasteiger partial charge in [-0.3, -0.25) is 5.84 Å². The molecule has 1 unspecified atom stereocenters. The number of hydrogen-bond acceptors (Lipinski definition) is 2. The van der Waals surface area contributed by atoms with Gasteiger partial charge in [0.15, 0.2) is 0 Å². The lowest BCUT2D eigenvalue weighted by atomic mass is 9.92. The first-order chi connectivity index (χ1) is 10.0. The molecule has 0 saturated carbocycles. The fourth-order valence-corrected chi connectivity index (χ4v) is 2.89. The Morgan fingerprint density at radius 2 is 1.81 bits per heavy atom. The van der Waals surface area contributed by atoms with Crippen LogP contribution < -0.4 is 11.3 Å². The van der Waals surface area contributed by atoms with E-state index in [0.29, 0.717) is 5.92 Å². The number of benzene rings is 2. The maximum absolute atomic E-state index is 5.85. The van der Waals surface area contributed by atoms with Gasteiger partial charge in [-0.1, -0.05) is 61.9 Å². The zero-order valence-corrected chi connectivity index (χ0v) is 13.5. The topological polar surface area (TPSA) is 38.0 Å². The van der Waals surface area contributed by atoms with Crippen LogP contribution in [-0.2, 0) is 6.42 Å². The summed E-state index contributed by atoms with van der Waals surface area (Å²) >= 11 is 0. The lowest BCUT2D eigenvalue weighted by Gasteiger charge is -2.20. The van der Waals surface area contributed by atoms with Gasteiger partial charge in [0.25, 0.3) is 0 Å². The van der Waals surface area contributed by atoms with E-state index in [1.54, 1.807) is 0 Å². The van der Waals surface area contributed by atoms with E-state index in [4.69, 9.17) is 5.84 Å². The highest BCUT2D eigenvalue weighted by Crippen LogP contribution is 2.26. The van der Waals surface area contributed by atoms with Crippen molar-refractivity contribution in [2.45, 2.75) is 40.2 Å². The van der Waals surface area contributed by atoms with E-state index in [2.05, 4.69) is 75.6 Å². The van der Waals surface area contributed by atoms with E-state index in [9.17, 15) is 0 Å². The molecule has 0 saturated heterocycles. The molecule has 0 spiro atoms. The predicted molar refractivity (Wildman–Crippen MR) is 90.1 cm³/mol. The molecule has 0 aliphatic carbocycles. The Balaban J connectivity index is 2.37. The molecule has 2 rings (SSSR count). The van der Waals surface area contributed by atoms with E-state index in [1.165, 1.54) is 27.8 Å². The van der Waals surface area contributed by atoms with Gasteiger partial charge in [-0.2, -0.15) is 0 Å². The van der Waals surface area contributed by atoms with Crippen LogP contribution in [0, 0.1) is 19.8 Å². The molecule has 2 aromatic rings. The first-order valence-electron chi connectivity index (χ1n) is 7.63. The molecule has 0 aliphatic rings. The van der Waals surface area contributed by atoms with Crippen molar-refractivity contribution in [3.05, 3.63) is 70.3 Å². The number of aryl methyl sites for hydroxylation is 2. The van der Waals surface area contributed by atoms with Crippen LogP contribution in [-0.4, -0.2) is 0 Å². The standard InChI is InChI=1S/C19H26N2/c1-13(2)10-16-6-5-7-17(12-16)19(21-20)18-9-8-14(3)11-15(18)4/h5-9,11-13,19,21H,10,20H2,1-4H3. The van der Waals surface area contributed by atoms with Gasteiger partial charge in [0.05, 0.1) is 6.04 Å². The van der Waals surface area contributed by atoms with E-state index in [1.807, 2.05) is 0 Å². The summed E-state index contributed by atoms with van der Waals surface area (Å²) < 4.78 is 0. The van der Waals surface area contributed by atoms with Crippen LogP contribution in [0.3, 0.4) is 0 Å². The number of nitrogens with one attached hydrogen (secondary N) is 1. The smallest absolute Gasteiger partial charge is 0.0712 e. The molecule has 2 nitrogen and oxygen atoms in total. The minimum atomic E-state index is 0.0395.